The van der Waals surface area contributed by atoms with Gasteiger partial charge in [-0.15, -0.1) is 0 Å². The van der Waals surface area contributed by atoms with E-state index in [4.69, 9.17) is 0 Å². The van der Waals surface area contributed by atoms with Crippen LogP contribution in [0.4, 0.5) is 11.5 Å². The molecule has 1 fully saturated rings. The van der Waals surface area contributed by atoms with Crippen molar-refractivity contribution in [2.75, 3.05) is 23.7 Å². The Bertz CT molecular complexity index is 802. The Hall–Kier alpha value is -3.22. The number of anilines is 2. The summed E-state index contributed by atoms with van der Waals surface area (Å²) < 4.78 is 0. The maximum absolute atomic E-state index is 12.6. The zero-order chi connectivity index (χ0) is 18.5. The van der Waals surface area contributed by atoms with Crippen LogP contribution in [0.25, 0.3) is 0 Å². The molecule has 0 saturated carbocycles. The first-order valence-corrected chi connectivity index (χ1v) is 8.43. The fraction of sp³-hybridized carbons (Fsp3) is 0.263. The Balaban J connectivity index is 1.57. The number of aryl methyl sites for hydroxylation is 1. The van der Waals surface area contributed by atoms with E-state index in [1.165, 1.54) is 6.08 Å². The molecule has 1 saturated heterocycles. The lowest BCUT2D eigenvalue weighted by Gasteiger charge is -2.17. The highest BCUT2D eigenvalue weighted by molar-refractivity contribution is 5.99. The molecule has 7 nitrogen and oxygen atoms in total. The van der Waals surface area contributed by atoms with Gasteiger partial charge in [-0.25, -0.2) is 4.98 Å². The quantitative estimate of drug-likeness (QED) is 0.807. The molecule has 0 aliphatic carbocycles. The summed E-state index contributed by atoms with van der Waals surface area (Å²) in [6.07, 6.45) is 5.48. The molecule has 134 valence electrons. The number of hydrogen-bond donors (Lipinski definition) is 2. The van der Waals surface area contributed by atoms with Crippen LogP contribution >= 0.6 is 0 Å². The van der Waals surface area contributed by atoms with Crippen LogP contribution in [0.2, 0.25) is 0 Å². The lowest BCUT2D eigenvalue weighted by atomic mass is 10.2. The molecule has 1 aliphatic heterocycles. The number of nitrogens with zero attached hydrogens (tertiary/aromatic N) is 3. The van der Waals surface area contributed by atoms with E-state index in [9.17, 15) is 9.59 Å². The molecule has 1 aliphatic rings. The number of amides is 2. The lowest BCUT2D eigenvalue weighted by Crippen LogP contribution is -2.31. The van der Waals surface area contributed by atoms with Gasteiger partial charge in [0.1, 0.15) is 5.82 Å². The Kier molecular flexibility index (Phi) is 5.26. The van der Waals surface area contributed by atoms with Crippen LogP contribution in [0.15, 0.2) is 49.3 Å². The highest BCUT2D eigenvalue weighted by atomic mass is 16.2. The van der Waals surface area contributed by atoms with E-state index in [2.05, 4.69) is 27.2 Å². The topological polar surface area (TPSA) is 87.2 Å². The molecular formula is C19H21N5O2. The van der Waals surface area contributed by atoms with Crippen molar-refractivity contribution in [1.29, 1.82) is 0 Å². The van der Waals surface area contributed by atoms with Gasteiger partial charge >= 0.3 is 0 Å². The Labute approximate surface area is 152 Å². The first-order valence-electron chi connectivity index (χ1n) is 8.43. The number of carbonyl (C=O) groups excluding carboxylic acids is 2. The number of rotatable bonds is 5. The highest BCUT2D eigenvalue weighted by Gasteiger charge is 2.27. The molecular weight excluding hydrogens is 330 g/mol. The van der Waals surface area contributed by atoms with Crippen LogP contribution < -0.4 is 10.6 Å². The number of likely N-dealkylation sites (tertiary alicyclic amines) is 1. The molecule has 1 aromatic heterocycles. The third-order valence-electron chi connectivity index (χ3n) is 4.19. The maximum atomic E-state index is 12.6. The van der Waals surface area contributed by atoms with E-state index in [-0.39, 0.29) is 17.9 Å². The molecule has 1 unspecified atom stereocenters. The molecule has 2 N–H and O–H groups in total. The summed E-state index contributed by atoms with van der Waals surface area (Å²) in [5, 5.41) is 5.98. The van der Waals surface area contributed by atoms with Gasteiger partial charge in [0, 0.05) is 30.4 Å². The first-order chi connectivity index (χ1) is 12.5. The lowest BCUT2D eigenvalue weighted by molar-refractivity contribution is -0.111. The highest BCUT2D eigenvalue weighted by Crippen LogP contribution is 2.18. The van der Waals surface area contributed by atoms with Crippen LogP contribution in [0.1, 0.15) is 22.5 Å². The summed E-state index contributed by atoms with van der Waals surface area (Å²) in [5.74, 6) is 0.417. The predicted molar refractivity (Wildman–Crippen MR) is 100.0 cm³/mol. The van der Waals surface area contributed by atoms with E-state index >= 15 is 0 Å². The van der Waals surface area contributed by atoms with E-state index < -0.39 is 0 Å². The third-order valence-corrected chi connectivity index (χ3v) is 4.19. The van der Waals surface area contributed by atoms with Gasteiger partial charge in [-0.3, -0.25) is 14.6 Å². The van der Waals surface area contributed by atoms with Crippen molar-refractivity contribution in [3.63, 3.8) is 0 Å². The summed E-state index contributed by atoms with van der Waals surface area (Å²) in [6.45, 7) is 6.60. The van der Waals surface area contributed by atoms with Gasteiger partial charge in [0.05, 0.1) is 18.1 Å². The second-order valence-electron chi connectivity index (χ2n) is 6.19. The molecule has 26 heavy (non-hydrogen) atoms. The summed E-state index contributed by atoms with van der Waals surface area (Å²) in [7, 11) is 0. The average molecular weight is 351 g/mol. The molecule has 0 radical (unpaired) electrons. The average Bonchev–Trinajstić information content (AvgIpc) is 3.12. The molecule has 0 spiro atoms. The molecule has 7 heteroatoms. The van der Waals surface area contributed by atoms with Crippen molar-refractivity contribution >= 4 is 23.3 Å². The second kappa shape index (κ2) is 7.77. The monoisotopic (exact) mass is 351 g/mol. The predicted octanol–water partition coefficient (Wildman–Crippen LogP) is 2.24. The zero-order valence-electron chi connectivity index (χ0n) is 14.6. The number of carbonyl (C=O) groups is 2. The number of benzene rings is 1. The first kappa shape index (κ1) is 17.6. The molecule has 2 heterocycles. The summed E-state index contributed by atoms with van der Waals surface area (Å²) in [5.41, 5.74) is 2.09. The van der Waals surface area contributed by atoms with Crippen LogP contribution in [0, 0.1) is 6.92 Å². The van der Waals surface area contributed by atoms with E-state index in [1.807, 2.05) is 11.8 Å². The van der Waals surface area contributed by atoms with Crippen molar-refractivity contribution in [1.82, 2.24) is 14.9 Å². The Morgan fingerprint density at radius 3 is 2.65 bits per heavy atom. The van der Waals surface area contributed by atoms with E-state index in [0.717, 1.165) is 17.9 Å². The van der Waals surface area contributed by atoms with Crippen molar-refractivity contribution in [2.45, 2.75) is 19.4 Å². The molecule has 1 aromatic carbocycles. The fourth-order valence-corrected chi connectivity index (χ4v) is 2.81. The molecule has 2 amide bonds. The van der Waals surface area contributed by atoms with Crippen molar-refractivity contribution in [3.05, 3.63) is 60.6 Å². The Morgan fingerprint density at radius 1 is 1.23 bits per heavy atom. The van der Waals surface area contributed by atoms with Crippen LogP contribution in [0.3, 0.4) is 0 Å². The molecule has 2 aromatic rings. The normalized spacial score (nSPS) is 16.2. The van der Waals surface area contributed by atoms with Crippen molar-refractivity contribution in [2.24, 2.45) is 0 Å². The molecule has 0 bridgehead atoms. The molecule has 3 rings (SSSR count). The van der Waals surface area contributed by atoms with E-state index in [1.54, 1.807) is 36.7 Å². The summed E-state index contributed by atoms with van der Waals surface area (Å²) in [4.78, 5) is 34.3. The van der Waals surface area contributed by atoms with Gasteiger partial charge in [-0.05, 0) is 43.7 Å². The Morgan fingerprint density at radius 2 is 2.00 bits per heavy atom. The van der Waals surface area contributed by atoms with Gasteiger partial charge in [0.25, 0.3) is 5.91 Å². The smallest absolute Gasteiger partial charge is 0.253 e. The van der Waals surface area contributed by atoms with Gasteiger partial charge in [-0.1, -0.05) is 6.58 Å². The zero-order valence-corrected chi connectivity index (χ0v) is 14.6. The second-order valence-corrected chi connectivity index (χ2v) is 6.19. The maximum Gasteiger partial charge on any atom is 0.253 e. The van der Waals surface area contributed by atoms with Crippen LogP contribution in [0.5, 0.6) is 0 Å². The van der Waals surface area contributed by atoms with Gasteiger partial charge < -0.3 is 15.5 Å². The number of hydrogen-bond acceptors (Lipinski definition) is 5. The van der Waals surface area contributed by atoms with Gasteiger partial charge in [-0.2, -0.15) is 0 Å². The van der Waals surface area contributed by atoms with Gasteiger partial charge in [0.2, 0.25) is 5.91 Å². The van der Waals surface area contributed by atoms with Crippen LogP contribution in [-0.2, 0) is 4.79 Å². The van der Waals surface area contributed by atoms with Gasteiger partial charge in [0.15, 0.2) is 0 Å². The SMILES string of the molecule is C=CC(=O)Nc1ccc(C(=O)N2CCC(Nc3cnc(C)cn3)C2)cc1. The number of nitrogens with one attached hydrogen (secondary N) is 2. The van der Waals surface area contributed by atoms with Crippen LogP contribution in [-0.4, -0.2) is 45.8 Å². The summed E-state index contributed by atoms with van der Waals surface area (Å²) >= 11 is 0. The molecule has 1 atom stereocenters. The third kappa shape index (κ3) is 4.24. The minimum Gasteiger partial charge on any atom is -0.364 e. The largest absolute Gasteiger partial charge is 0.364 e. The van der Waals surface area contributed by atoms with E-state index in [0.29, 0.717) is 24.3 Å². The fourth-order valence-electron chi connectivity index (χ4n) is 2.81. The summed E-state index contributed by atoms with van der Waals surface area (Å²) in [6, 6.07) is 7.01. The standard InChI is InChI=1S/C19H21N5O2/c1-3-18(25)23-15-6-4-14(5-7-15)19(26)24-9-8-16(12-24)22-17-11-20-13(2)10-21-17/h3-7,10-11,16H,1,8-9,12H2,2H3,(H,21,22)(H,23,25). The van der Waals surface area contributed by atoms with Crippen molar-refractivity contribution in [3.8, 4) is 0 Å². The minimum absolute atomic E-state index is 0.0223. The van der Waals surface area contributed by atoms with Crippen molar-refractivity contribution < 1.29 is 9.59 Å². The number of aromatic nitrogens is 2. The minimum atomic E-state index is -0.281.